The number of thiophene rings is 1. The molecule has 334 valence electrons. The van der Waals surface area contributed by atoms with E-state index >= 15 is 0 Å². The van der Waals surface area contributed by atoms with E-state index in [0.29, 0.717) is 0 Å². The van der Waals surface area contributed by atoms with Crippen LogP contribution in [0.2, 0.25) is 0 Å². The maximum absolute atomic E-state index is 2.52. The fourth-order valence-electron chi connectivity index (χ4n) is 12.0. The fourth-order valence-corrected chi connectivity index (χ4v) is 13.1. The summed E-state index contributed by atoms with van der Waals surface area (Å²) in [5.74, 6) is 0. The van der Waals surface area contributed by atoms with E-state index in [1.54, 1.807) is 0 Å². The Hall–Kier alpha value is -8.56. The van der Waals surface area contributed by atoms with Crippen molar-refractivity contribution in [3.8, 4) is 55.6 Å². The highest BCUT2D eigenvalue weighted by molar-refractivity contribution is 7.26. The van der Waals surface area contributed by atoms with Gasteiger partial charge in [-0.2, -0.15) is 0 Å². The van der Waals surface area contributed by atoms with Crippen LogP contribution in [0.1, 0.15) is 25.0 Å². The maximum Gasteiger partial charge on any atom is 0.0546 e. The van der Waals surface area contributed by atoms with E-state index in [0.717, 1.165) is 17.1 Å². The molecule has 0 saturated heterocycles. The summed E-state index contributed by atoms with van der Waals surface area (Å²) >= 11 is 1.89. The smallest absolute Gasteiger partial charge is 0.0546 e. The Morgan fingerprint density at radius 3 is 1.83 bits per heavy atom. The second kappa shape index (κ2) is 16.3. The zero-order chi connectivity index (χ0) is 47.2. The molecule has 13 aromatic rings. The molecule has 0 unspecified atom stereocenters. The minimum Gasteiger partial charge on any atom is -0.309 e. The molecule has 0 radical (unpaired) electrons. The number of nitrogens with zero attached hydrogens (tertiary/aromatic N) is 1. The van der Waals surface area contributed by atoms with Crippen molar-refractivity contribution in [3.05, 3.63) is 260 Å². The van der Waals surface area contributed by atoms with Crippen molar-refractivity contribution in [1.29, 1.82) is 0 Å². The zero-order valence-corrected chi connectivity index (χ0v) is 40.3. The van der Waals surface area contributed by atoms with Gasteiger partial charge in [0.1, 0.15) is 0 Å². The lowest BCUT2D eigenvalue weighted by Crippen LogP contribution is -2.16. The lowest BCUT2D eigenvalue weighted by Gasteiger charge is -2.31. The van der Waals surface area contributed by atoms with Gasteiger partial charge in [0, 0.05) is 42.2 Å². The van der Waals surface area contributed by atoms with Gasteiger partial charge in [0.05, 0.1) is 11.4 Å². The lowest BCUT2D eigenvalue weighted by molar-refractivity contribution is 0.662. The van der Waals surface area contributed by atoms with Gasteiger partial charge in [0.15, 0.2) is 0 Å². The van der Waals surface area contributed by atoms with Crippen LogP contribution < -0.4 is 4.90 Å². The van der Waals surface area contributed by atoms with Crippen LogP contribution in [0.15, 0.2) is 249 Å². The highest BCUT2D eigenvalue weighted by Crippen LogP contribution is 2.53. The first-order valence-corrected chi connectivity index (χ1v) is 25.5. The van der Waals surface area contributed by atoms with E-state index in [9.17, 15) is 0 Å². The molecule has 1 aromatic heterocycles. The average Bonchev–Trinajstić information content (AvgIpc) is 3.92. The summed E-state index contributed by atoms with van der Waals surface area (Å²) in [7, 11) is 0. The Balaban J connectivity index is 1.01. The van der Waals surface area contributed by atoms with Gasteiger partial charge in [-0.1, -0.05) is 220 Å². The first kappa shape index (κ1) is 41.4. The molecule has 1 heterocycles. The summed E-state index contributed by atoms with van der Waals surface area (Å²) in [4.78, 5) is 2.52. The molecule has 1 aliphatic rings. The van der Waals surface area contributed by atoms with E-state index in [1.165, 1.54) is 119 Å². The molecule has 0 spiro atoms. The number of hydrogen-bond donors (Lipinski definition) is 0. The Kier molecular flexibility index (Phi) is 9.49. The normalized spacial score (nSPS) is 12.8. The molecular formula is C69H47NS. The molecule has 0 bridgehead atoms. The minimum atomic E-state index is -0.130. The van der Waals surface area contributed by atoms with E-state index in [-0.39, 0.29) is 5.41 Å². The molecule has 0 saturated carbocycles. The highest BCUT2D eigenvalue weighted by Gasteiger charge is 2.37. The first-order valence-electron chi connectivity index (χ1n) is 24.7. The quantitative estimate of drug-likeness (QED) is 0.154. The van der Waals surface area contributed by atoms with Crippen LogP contribution in [0.5, 0.6) is 0 Å². The summed E-state index contributed by atoms with van der Waals surface area (Å²) in [6, 6.07) is 92.6. The van der Waals surface area contributed by atoms with Crippen LogP contribution in [0.4, 0.5) is 17.1 Å². The van der Waals surface area contributed by atoms with Gasteiger partial charge in [-0.05, 0) is 131 Å². The standard InChI is InChI=1S/C69H47NS/c1-69(2)61-29-11-10-22-57(61)59-28-13-25-55(68(59)69)47-34-38-51(39-35-47)70(62-30-15-26-56-52(23-12-27-58(56)62)45-17-4-3-5-18-45)63-31-14-24-54(66(63)50-33-32-44-16-6-7-20-48(44)42-50)49-36-40-60-65(43-49)71-64-41-37-46-19-8-9-21-53(46)67(60)64/h3-43H,1-2H3. The van der Waals surface area contributed by atoms with E-state index in [4.69, 9.17) is 0 Å². The van der Waals surface area contributed by atoms with Gasteiger partial charge in [-0.3, -0.25) is 0 Å². The maximum atomic E-state index is 2.52. The number of fused-ring (bicyclic) bond motifs is 10. The average molecular weight is 922 g/mol. The predicted molar refractivity (Wildman–Crippen MR) is 306 cm³/mol. The topological polar surface area (TPSA) is 3.24 Å². The third-order valence-corrected chi connectivity index (χ3v) is 16.4. The molecule has 1 nitrogen and oxygen atoms in total. The van der Waals surface area contributed by atoms with Crippen LogP contribution >= 0.6 is 11.3 Å². The number of rotatable bonds is 7. The lowest BCUT2D eigenvalue weighted by atomic mass is 9.79. The van der Waals surface area contributed by atoms with Gasteiger partial charge in [0.25, 0.3) is 0 Å². The molecule has 1 aliphatic carbocycles. The van der Waals surface area contributed by atoms with Gasteiger partial charge >= 0.3 is 0 Å². The molecule has 0 N–H and O–H groups in total. The molecule has 0 amide bonds. The van der Waals surface area contributed by atoms with Crippen LogP contribution in [-0.4, -0.2) is 0 Å². The largest absolute Gasteiger partial charge is 0.309 e. The van der Waals surface area contributed by atoms with E-state index < -0.39 is 0 Å². The zero-order valence-electron chi connectivity index (χ0n) is 39.5. The summed E-state index contributed by atoms with van der Waals surface area (Å²) < 4.78 is 2.60. The molecule has 0 fully saturated rings. The van der Waals surface area contributed by atoms with Gasteiger partial charge in [0.2, 0.25) is 0 Å². The van der Waals surface area contributed by atoms with Crippen molar-refractivity contribution in [2.45, 2.75) is 19.3 Å². The Bertz CT molecular complexity index is 4250. The second-order valence-corrected chi connectivity index (χ2v) is 20.6. The molecule has 0 atom stereocenters. The summed E-state index contributed by atoms with van der Waals surface area (Å²) in [5.41, 5.74) is 18.3. The Morgan fingerprint density at radius 1 is 0.338 bits per heavy atom. The molecule has 14 rings (SSSR count). The molecule has 2 heteroatoms. The number of anilines is 3. The van der Waals surface area contributed by atoms with Crippen molar-refractivity contribution < 1.29 is 0 Å². The molecule has 71 heavy (non-hydrogen) atoms. The molecular weight excluding hydrogens is 875 g/mol. The third kappa shape index (κ3) is 6.59. The summed E-state index contributed by atoms with van der Waals surface area (Å²) in [6.45, 7) is 4.76. The van der Waals surface area contributed by atoms with Crippen molar-refractivity contribution >= 4 is 80.9 Å². The van der Waals surface area contributed by atoms with Crippen molar-refractivity contribution in [2.75, 3.05) is 4.90 Å². The number of benzene rings is 12. The van der Waals surface area contributed by atoms with Crippen molar-refractivity contribution in [3.63, 3.8) is 0 Å². The highest BCUT2D eigenvalue weighted by atomic mass is 32.1. The van der Waals surface area contributed by atoms with Crippen LogP contribution in [0, 0.1) is 0 Å². The Morgan fingerprint density at radius 2 is 0.944 bits per heavy atom. The van der Waals surface area contributed by atoms with Crippen LogP contribution in [0.25, 0.3) is 108 Å². The minimum absolute atomic E-state index is 0.130. The van der Waals surface area contributed by atoms with Crippen LogP contribution in [0.3, 0.4) is 0 Å². The number of hydrogen-bond acceptors (Lipinski definition) is 2. The van der Waals surface area contributed by atoms with Crippen LogP contribution in [-0.2, 0) is 5.41 Å². The fraction of sp³-hybridized carbons (Fsp3) is 0.0435. The van der Waals surface area contributed by atoms with Gasteiger partial charge < -0.3 is 4.90 Å². The molecule has 12 aromatic carbocycles. The third-order valence-electron chi connectivity index (χ3n) is 15.2. The monoisotopic (exact) mass is 921 g/mol. The SMILES string of the molecule is CC1(C)c2ccccc2-c2cccc(-c3ccc(N(c4cccc(-c5ccc6c(c5)sc5ccc7ccccc7c56)c4-c4ccc5ccccc5c4)c4cccc5c(-c6ccccc6)cccc45)cc3)c21. The molecule has 0 aliphatic heterocycles. The van der Waals surface area contributed by atoms with Gasteiger partial charge in [-0.25, -0.2) is 0 Å². The van der Waals surface area contributed by atoms with E-state index in [2.05, 4.69) is 267 Å². The van der Waals surface area contributed by atoms with E-state index in [1.807, 2.05) is 11.3 Å². The van der Waals surface area contributed by atoms with Crippen molar-refractivity contribution in [1.82, 2.24) is 0 Å². The second-order valence-electron chi connectivity index (χ2n) is 19.6. The summed E-state index contributed by atoms with van der Waals surface area (Å²) in [5, 5.41) is 10.1. The van der Waals surface area contributed by atoms with Gasteiger partial charge in [-0.15, -0.1) is 11.3 Å². The Labute approximate surface area is 418 Å². The summed E-state index contributed by atoms with van der Waals surface area (Å²) in [6.07, 6.45) is 0. The first-order chi connectivity index (χ1) is 35.0. The predicted octanol–water partition coefficient (Wildman–Crippen LogP) is 20.0. The van der Waals surface area contributed by atoms with Crippen molar-refractivity contribution in [2.24, 2.45) is 0 Å².